The Bertz CT molecular complexity index is 1850. The molecule has 0 spiro atoms. The molecule has 0 aliphatic carbocycles. The fourth-order valence-corrected chi connectivity index (χ4v) is 4.19. The lowest BCUT2D eigenvalue weighted by atomic mass is 10.1. The normalized spacial score (nSPS) is 12.6. The first-order valence-corrected chi connectivity index (χ1v) is 11.8. The van der Waals surface area contributed by atoms with E-state index in [1.807, 2.05) is 0 Å². The number of carbonyl (C=O) groups is 1. The average Bonchev–Trinajstić information content (AvgIpc) is 3.59. The summed E-state index contributed by atoms with van der Waals surface area (Å²) in [5, 5.41) is 6.35. The number of halogens is 3. The number of hydrogen-bond donors (Lipinski definition) is 1. The summed E-state index contributed by atoms with van der Waals surface area (Å²) < 4.78 is 48.3. The molecule has 0 aliphatic rings. The SMILES string of the molecule is Cc1ncc(-c2cccc(NC(=O)[C@H](C)n3cnc4c3c(=O)n(Cc3ccon3)c(=O)n4C)n2)cc1C(F)(F)F. The zero-order valence-corrected chi connectivity index (χ0v) is 21.3. The van der Waals surface area contributed by atoms with Gasteiger partial charge in [0.2, 0.25) is 5.91 Å². The van der Waals surface area contributed by atoms with Crippen LogP contribution in [0.5, 0.6) is 0 Å². The third kappa shape index (κ3) is 4.76. The lowest BCUT2D eigenvalue weighted by Crippen LogP contribution is -2.40. The molecule has 0 bridgehead atoms. The highest BCUT2D eigenvalue weighted by Crippen LogP contribution is 2.33. The van der Waals surface area contributed by atoms with Crippen LogP contribution in [0.4, 0.5) is 19.0 Å². The van der Waals surface area contributed by atoms with E-state index >= 15 is 0 Å². The van der Waals surface area contributed by atoms with Crippen molar-refractivity contribution in [1.82, 2.24) is 33.8 Å². The Morgan fingerprint density at radius 2 is 1.95 bits per heavy atom. The number of aryl methyl sites for hydroxylation is 2. The number of imidazole rings is 1. The minimum Gasteiger partial charge on any atom is -0.364 e. The van der Waals surface area contributed by atoms with Crippen molar-refractivity contribution in [3.63, 3.8) is 0 Å². The molecule has 1 N–H and O–H groups in total. The van der Waals surface area contributed by atoms with Crippen LogP contribution in [0.15, 0.2) is 63.2 Å². The number of aromatic nitrogens is 7. The molecule has 5 heterocycles. The number of alkyl halides is 3. The van der Waals surface area contributed by atoms with Crippen molar-refractivity contribution in [1.29, 1.82) is 0 Å². The monoisotopic (exact) mass is 554 g/mol. The highest BCUT2D eigenvalue weighted by atomic mass is 19.4. The van der Waals surface area contributed by atoms with Crippen LogP contribution in [0.3, 0.4) is 0 Å². The molecule has 5 aromatic rings. The Balaban J connectivity index is 1.45. The van der Waals surface area contributed by atoms with Crippen molar-refractivity contribution in [3.05, 3.63) is 86.9 Å². The van der Waals surface area contributed by atoms with Gasteiger partial charge in [0.05, 0.1) is 24.1 Å². The van der Waals surface area contributed by atoms with Gasteiger partial charge >= 0.3 is 11.9 Å². The average molecular weight is 554 g/mol. The summed E-state index contributed by atoms with van der Waals surface area (Å²) in [6.07, 6.45) is -0.726. The topological polar surface area (TPSA) is 143 Å². The molecule has 5 aromatic heterocycles. The predicted molar refractivity (Wildman–Crippen MR) is 135 cm³/mol. The van der Waals surface area contributed by atoms with Crippen LogP contribution in [0.1, 0.15) is 29.9 Å². The van der Waals surface area contributed by atoms with E-state index in [4.69, 9.17) is 4.52 Å². The number of anilines is 1. The van der Waals surface area contributed by atoms with E-state index in [1.54, 1.807) is 0 Å². The summed E-state index contributed by atoms with van der Waals surface area (Å²) in [6, 6.07) is 5.97. The number of rotatable bonds is 6. The van der Waals surface area contributed by atoms with Gasteiger partial charge in [0, 0.05) is 30.6 Å². The molecule has 0 radical (unpaired) electrons. The molecule has 206 valence electrons. The van der Waals surface area contributed by atoms with Gasteiger partial charge in [-0.05, 0) is 32.0 Å². The van der Waals surface area contributed by atoms with Crippen molar-refractivity contribution >= 4 is 22.9 Å². The van der Waals surface area contributed by atoms with Crippen LogP contribution < -0.4 is 16.6 Å². The smallest absolute Gasteiger partial charge is 0.364 e. The Morgan fingerprint density at radius 3 is 2.65 bits per heavy atom. The largest absolute Gasteiger partial charge is 0.418 e. The van der Waals surface area contributed by atoms with Gasteiger partial charge in [0.15, 0.2) is 11.2 Å². The minimum atomic E-state index is -4.58. The summed E-state index contributed by atoms with van der Waals surface area (Å²) in [5.74, 6) is -0.512. The van der Waals surface area contributed by atoms with Crippen molar-refractivity contribution in [2.24, 2.45) is 7.05 Å². The maximum absolute atomic E-state index is 13.4. The van der Waals surface area contributed by atoms with E-state index in [0.29, 0.717) is 5.69 Å². The highest BCUT2D eigenvalue weighted by molar-refractivity contribution is 5.93. The Morgan fingerprint density at radius 1 is 1.18 bits per heavy atom. The van der Waals surface area contributed by atoms with Gasteiger partial charge in [0.1, 0.15) is 23.8 Å². The molecule has 1 atom stereocenters. The number of nitrogens with one attached hydrogen (secondary N) is 1. The molecular weight excluding hydrogens is 533 g/mol. The zero-order chi connectivity index (χ0) is 28.8. The summed E-state index contributed by atoms with van der Waals surface area (Å²) in [4.78, 5) is 51.6. The van der Waals surface area contributed by atoms with Crippen LogP contribution in [-0.4, -0.2) is 39.7 Å². The molecule has 0 unspecified atom stereocenters. The van der Waals surface area contributed by atoms with Crippen LogP contribution in [0.2, 0.25) is 0 Å². The van der Waals surface area contributed by atoms with E-state index in [2.05, 4.69) is 25.4 Å². The first-order valence-electron chi connectivity index (χ1n) is 11.8. The second-order valence-corrected chi connectivity index (χ2v) is 8.98. The highest BCUT2D eigenvalue weighted by Gasteiger charge is 2.33. The second kappa shape index (κ2) is 9.91. The van der Waals surface area contributed by atoms with Crippen molar-refractivity contribution in [2.45, 2.75) is 32.6 Å². The lowest BCUT2D eigenvalue weighted by Gasteiger charge is -2.15. The fraction of sp³-hybridized carbons (Fsp3) is 0.240. The molecule has 0 aromatic carbocycles. The van der Waals surface area contributed by atoms with Crippen molar-refractivity contribution in [2.75, 3.05) is 5.32 Å². The van der Waals surface area contributed by atoms with Gasteiger partial charge in [-0.25, -0.2) is 14.8 Å². The zero-order valence-electron chi connectivity index (χ0n) is 21.3. The summed E-state index contributed by atoms with van der Waals surface area (Å²) in [5.41, 5.74) is -1.61. The first kappa shape index (κ1) is 26.5. The van der Waals surface area contributed by atoms with E-state index in [0.717, 1.165) is 10.6 Å². The maximum atomic E-state index is 13.4. The summed E-state index contributed by atoms with van der Waals surface area (Å²) in [7, 11) is 1.45. The molecule has 15 heteroatoms. The number of amides is 1. The second-order valence-electron chi connectivity index (χ2n) is 8.98. The maximum Gasteiger partial charge on any atom is 0.418 e. The minimum absolute atomic E-state index is 0.0142. The fourth-order valence-electron chi connectivity index (χ4n) is 4.19. The van der Waals surface area contributed by atoms with Gasteiger partial charge in [-0.2, -0.15) is 13.2 Å². The van der Waals surface area contributed by atoms with E-state index in [-0.39, 0.29) is 40.5 Å². The predicted octanol–water partition coefficient (Wildman–Crippen LogP) is 2.92. The molecule has 12 nitrogen and oxygen atoms in total. The molecule has 40 heavy (non-hydrogen) atoms. The molecule has 1 amide bonds. The standard InChI is InChI=1S/C25H21F3N8O4/c1-13-17(25(26,27)28)9-15(10-29-13)18-5-4-6-19(31-18)32-22(37)14(2)36-12-30-21-20(36)23(38)35(24(39)34(21)3)11-16-7-8-40-33-16/h4-10,12,14H,11H2,1-3H3,(H,31,32,37)/t14-/m0/s1. The van der Waals surface area contributed by atoms with E-state index < -0.39 is 34.9 Å². The third-order valence-electron chi connectivity index (χ3n) is 6.35. The molecule has 0 aliphatic heterocycles. The third-order valence-corrected chi connectivity index (χ3v) is 6.35. The number of fused-ring (bicyclic) bond motifs is 1. The van der Waals surface area contributed by atoms with Gasteiger partial charge < -0.3 is 14.4 Å². The van der Waals surface area contributed by atoms with Crippen LogP contribution >= 0.6 is 0 Å². The van der Waals surface area contributed by atoms with Gasteiger partial charge in [-0.1, -0.05) is 11.2 Å². The Kier molecular flexibility index (Phi) is 6.57. The van der Waals surface area contributed by atoms with Crippen molar-refractivity contribution in [3.8, 4) is 11.3 Å². The molecule has 0 saturated carbocycles. The van der Waals surface area contributed by atoms with Gasteiger partial charge in [0.25, 0.3) is 5.56 Å². The molecular formula is C25H21F3N8O4. The van der Waals surface area contributed by atoms with Crippen LogP contribution in [0, 0.1) is 6.92 Å². The van der Waals surface area contributed by atoms with E-state index in [1.165, 1.54) is 73.1 Å². The lowest BCUT2D eigenvalue weighted by molar-refractivity contribution is -0.138. The number of nitrogens with zero attached hydrogens (tertiary/aromatic N) is 7. The molecule has 5 rings (SSSR count). The number of carbonyl (C=O) groups excluding carboxylic acids is 1. The quantitative estimate of drug-likeness (QED) is 0.338. The van der Waals surface area contributed by atoms with Crippen molar-refractivity contribution < 1.29 is 22.5 Å². The summed E-state index contributed by atoms with van der Waals surface area (Å²) in [6.45, 7) is 2.63. The Hall–Kier alpha value is -5.08. The number of hydrogen-bond acceptors (Lipinski definition) is 8. The van der Waals surface area contributed by atoms with E-state index in [9.17, 15) is 27.6 Å². The molecule has 0 fully saturated rings. The number of pyridine rings is 2. The van der Waals surface area contributed by atoms with Crippen LogP contribution in [0.25, 0.3) is 22.4 Å². The molecule has 0 saturated heterocycles. The Labute approximate surface area is 222 Å². The van der Waals surface area contributed by atoms with Gasteiger partial charge in [-0.3, -0.25) is 23.7 Å². The van der Waals surface area contributed by atoms with Crippen LogP contribution in [-0.2, 0) is 24.6 Å². The summed E-state index contributed by atoms with van der Waals surface area (Å²) >= 11 is 0. The van der Waals surface area contributed by atoms with Gasteiger partial charge in [-0.15, -0.1) is 0 Å². The first-order chi connectivity index (χ1) is 19.0.